The standard InChI is InChI=1S/C15H18N/c1-13-8-10-16(14(2)12-13)11-9-15-6-4-3-5-7-15/h3-8,10,12H,9,11H2,1-2H3/q+1. The summed E-state index contributed by atoms with van der Waals surface area (Å²) in [5.41, 5.74) is 4.05. The van der Waals surface area contributed by atoms with Crippen molar-refractivity contribution in [3.8, 4) is 0 Å². The van der Waals surface area contributed by atoms with Gasteiger partial charge in [-0.15, -0.1) is 0 Å². The molecule has 1 aromatic heterocycles. The second-order valence-electron chi connectivity index (χ2n) is 4.27. The Morgan fingerprint density at radius 1 is 1.00 bits per heavy atom. The van der Waals surface area contributed by atoms with Crippen LogP contribution in [0.4, 0.5) is 0 Å². The van der Waals surface area contributed by atoms with Crippen LogP contribution in [0, 0.1) is 13.8 Å². The smallest absolute Gasteiger partial charge is 0.178 e. The molecule has 0 radical (unpaired) electrons. The number of hydrogen-bond donors (Lipinski definition) is 0. The lowest BCUT2D eigenvalue weighted by molar-refractivity contribution is -0.702. The number of aromatic nitrogens is 1. The summed E-state index contributed by atoms with van der Waals surface area (Å²) in [7, 11) is 0. The fraction of sp³-hybridized carbons (Fsp3) is 0.267. The first kappa shape index (κ1) is 10.9. The number of pyridine rings is 1. The predicted molar refractivity (Wildman–Crippen MR) is 66.3 cm³/mol. The second kappa shape index (κ2) is 4.93. The maximum Gasteiger partial charge on any atom is 0.178 e. The minimum absolute atomic E-state index is 1.05. The zero-order valence-electron chi connectivity index (χ0n) is 9.98. The van der Waals surface area contributed by atoms with E-state index in [0.717, 1.165) is 13.0 Å². The van der Waals surface area contributed by atoms with E-state index < -0.39 is 0 Å². The summed E-state index contributed by atoms with van der Waals surface area (Å²) in [6, 6.07) is 15.0. The minimum atomic E-state index is 1.05. The van der Waals surface area contributed by atoms with E-state index >= 15 is 0 Å². The fourth-order valence-corrected chi connectivity index (χ4v) is 1.93. The highest BCUT2D eigenvalue weighted by atomic mass is 14.9. The highest BCUT2D eigenvalue weighted by Gasteiger charge is 2.05. The monoisotopic (exact) mass is 212 g/mol. The third-order valence-corrected chi connectivity index (χ3v) is 2.89. The molecule has 0 aliphatic rings. The Morgan fingerprint density at radius 2 is 1.75 bits per heavy atom. The van der Waals surface area contributed by atoms with Crippen LogP contribution in [0.5, 0.6) is 0 Å². The summed E-state index contributed by atoms with van der Waals surface area (Å²) in [5.74, 6) is 0. The fourth-order valence-electron chi connectivity index (χ4n) is 1.93. The van der Waals surface area contributed by atoms with E-state index in [4.69, 9.17) is 0 Å². The largest absolute Gasteiger partial charge is 0.202 e. The molecule has 2 aromatic rings. The summed E-state index contributed by atoms with van der Waals surface area (Å²) in [6.07, 6.45) is 3.27. The van der Waals surface area contributed by atoms with Gasteiger partial charge in [-0.2, -0.15) is 0 Å². The zero-order chi connectivity index (χ0) is 11.4. The van der Waals surface area contributed by atoms with Gasteiger partial charge < -0.3 is 0 Å². The Balaban J connectivity index is 2.05. The van der Waals surface area contributed by atoms with Crippen LogP contribution >= 0.6 is 0 Å². The molecule has 0 atom stereocenters. The number of nitrogens with zero attached hydrogens (tertiary/aromatic N) is 1. The molecule has 0 saturated heterocycles. The quantitative estimate of drug-likeness (QED) is 0.689. The number of hydrogen-bond acceptors (Lipinski definition) is 0. The highest BCUT2D eigenvalue weighted by Crippen LogP contribution is 2.01. The molecule has 0 aliphatic heterocycles. The molecule has 0 bridgehead atoms. The lowest BCUT2D eigenvalue weighted by Crippen LogP contribution is -2.37. The third kappa shape index (κ3) is 2.69. The molecule has 1 heterocycles. The van der Waals surface area contributed by atoms with Crippen LogP contribution in [-0.2, 0) is 13.0 Å². The van der Waals surface area contributed by atoms with E-state index in [0.29, 0.717) is 0 Å². The van der Waals surface area contributed by atoms with E-state index in [9.17, 15) is 0 Å². The molecule has 0 N–H and O–H groups in total. The van der Waals surface area contributed by atoms with Gasteiger partial charge in [0.05, 0.1) is 0 Å². The molecule has 0 spiro atoms. The average Bonchev–Trinajstić information content (AvgIpc) is 2.29. The lowest BCUT2D eigenvalue weighted by atomic mass is 10.1. The van der Waals surface area contributed by atoms with Crippen molar-refractivity contribution in [2.45, 2.75) is 26.8 Å². The van der Waals surface area contributed by atoms with E-state index in [-0.39, 0.29) is 0 Å². The number of benzene rings is 1. The lowest BCUT2D eigenvalue weighted by Gasteiger charge is -2.02. The second-order valence-corrected chi connectivity index (χ2v) is 4.27. The molecule has 2 rings (SSSR count). The van der Waals surface area contributed by atoms with Gasteiger partial charge in [0.2, 0.25) is 0 Å². The average molecular weight is 212 g/mol. The van der Waals surface area contributed by atoms with Crippen molar-refractivity contribution >= 4 is 0 Å². The van der Waals surface area contributed by atoms with Crippen molar-refractivity contribution in [2.75, 3.05) is 0 Å². The number of aryl methyl sites for hydroxylation is 4. The van der Waals surface area contributed by atoms with Gasteiger partial charge in [-0.05, 0) is 18.1 Å². The zero-order valence-corrected chi connectivity index (χ0v) is 9.98. The first-order chi connectivity index (χ1) is 7.75. The summed E-state index contributed by atoms with van der Waals surface area (Å²) < 4.78 is 2.31. The summed E-state index contributed by atoms with van der Waals surface area (Å²) >= 11 is 0. The number of rotatable bonds is 3. The molecule has 1 heteroatoms. The van der Waals surface area contributed by atoms with Gasteiger partial charge in [0.15, 0.2) is 18.4 Å². The topological polar surface area (TPSA) is 3.88 Å². The van der Waals surface area contributed by atoms with Gasteiger partial charge in [0.25, 0.3) is 0 Å². The van der Waals surface area contributed by atoms with E-state index in [2.05, 4.69) is 67.1 Å². The molecule has 0 saturated carbocycles. The molecule has 0 aliphatic carbocycles. The predicted octanol–water partition coefficient (Wildman–Crippen LogP) is 2.83. The first-order valence-electron chi connectivity index (χ1n) is 5.76. The van der Waals surface area contributed by atoms with Gasteiger partial charge in [0.1, 0.15) is 0 Å². The maximum atomic E-state index is 2.31. The van der Waals surface area contributed by atoms with Crippen LogP contribution in [0.1, 0.15) is 16.8 Å². The van der Waals surface area contributed by atoms with Crippen molar-refractivity contribution in [1.29, 1.82) is 0 Å². The summed E-state index contributed by atoms with van der Waals surface area (Å²) in [6.45, 7) is 5.35. The van der Waals surface area contributed by atoms with Crippen LogP contribution in [0.15, 0.2) is 48.7 Å². The molecule has 0 unspecified atom stereocenters. The van der Waals surface area contributed by atoms with Gasteiger partial charge in [-0.1, -0.05) is 30.3 Å². The van der Waals surface area contributed by atoms with Crippen molar-refractivity contribution in [1.82, 2.24) is 0 Å². The molecule has 82 valence electrons. The Bertz CT molecular complexity index is 460. The van der Waals surface area contributed by atoms with Crippen molar-refractivity contribution in [3.05, 3.63) is 65.5 Å². The minimum Gasteiger partial charge on any atom is -0.202 e. The van der Waals surface area contributed by atoms with E-state index in [1.807, 2.05) is 0 Å². The normalized spacial score (nSPS) is 10.4. The third-order valence-electron chi connectivity index (χ3n) is 2.89. The molecular weight excluding hydrogens is 194 g/mol. The summed E-state index contributed by atoms with van der Waals surface area (Å²) in [5, 5.41) is 0. The molecule has 1 aromatic carbocycles. The Kier molecular flexibility index (Phi) is 3.35. The van der Waals surface area contributed by atoms with Crippen molar-refractivity contribution < 1.29 is 4.57 Å². The van der Waals surface area contributed by atoms with Gasteiger partial charge in [0, 0.05) is 25.5 Å². The molecular formula is C15H18N+. The maximum absolute atomic E-state index is 2.31. The van der Waals surface area contributed by atoms with Crippen LogP contribution in [0.3, 0.4) is 0 Å². The molecule has 0 amide bonds. The van der Waals surface area contributed by atoms with E-state index in [1.54, 1.807) is 0 Å². The van der Waals surface area contributed by atoms with Gasteiger partial charge >= 0.3 is 0 Å². The van der Waals surface area contributed by atoms with Crippen LogP contribution in [0.2, 0.25) is 0 Å². The van der Waals surface area contributed by atoms with Crippen LogP contribution in [0.25, 0.3) is 0 Å². The molecule has 1 nitrogen and oxygen atoms in total. The Hall–Kier alpha value is -1.63. The Labute approximate surface area is 97.4 Å². The van der Waals surface area contributed by atoms with Crippen LogP contribution < -0.4 is 4.57 Å². The first-order valence-corrected chi connectivity index (χ1v) is 5.76. The van der Waals surface area contributed by atoms with Crippen LogP contribution in [-0.4, -0.2) is 0 Å². The molecule has 0 fully saturated rings. The highest BCUT2D eigenvalue weighted by molar-refractivity contribution is 5.14. The Morgan fingerprint density at radius 3 is 2.44 bits per heavy atom. The molecule has 16 heavy (non-hydrogen) atoms. The SMILES string of the molecule is Cc1cc[n+](CCc2ccccc2)c(C)c1. The van der Waals surface area contributed by atoms with Crippen molar-refractivity contribution in [3.63, 3.8) is 0 Å². The van der Waals surface area contributed by atoms with Crippen molar-refractivity contribution in [2.24, 2.45) is 0 Å². The van der Waals surface area contributed by atoms with E-state index in [1.165, 1.54) is 16.8 Å². The van der Waals surface area contributed by atoms with Gasteiger partial charge in [-0.3, -0.25) is 0 Å². The summed E-state index contributed by atoms with van der Waals surface area (Å²) in [4.78, 5) is 0. The van der Waals surface area contributed by atoms with Gasteiger partial charge in [-0.25, -0.2) is 4.57 Å².